The Kier molecular flexibility index (Phi) is 10.5. The maximum absolute atomic E-state index is 10.3. The van der Waals surface area contributed by atoms with Gasteiger partial charge in [0.05, 0.1) is 0 Å². The van der Waals surface area contributed by atoms with E-state index in [0.29, 0.717) is 6.42 Å². The molecule has 0 aromatic rings. The topological polar surface area (TPSA) is 63.3 Å². The number of unbranched alkanes of at least 4 members (excludes halogenated alkanes) is 6. The maximum atomic E-state index is 10.3. The Morgan fingerprint density at radius 1 is 1.06 bits per heavy atom. The van der Waals surface area contributed by atoms with Gasteiger partial charge in [-0.25, -0.2) is 0 Å². The first-order valence-corrected chi connectivity index (χ1v) is 6.64. The van der Waals surface area contributed by atoms with Gasteiger partial charge in [0.25, 0.3) is 0 Å². The molecule has 96 valence electrons. The van der Waals surface area contributed by atoms with Crippen LogP contribution in [-0.2, 0) is 4.79 Å². The Labute approximate surface area is 99.4 Å². The molecule has 0 aromatic carbocycles. The Balaban J connectivity index is 3.15. The van der Waals surface area contributed by atoms with Gasteiger partial charge in [-0.3, -0.25) is 4.79 Å². The summed E-state index contributed by atoms with van der Waals surface area (Å²) in [7, 11) is 0. The molecule has 0 saturated carbocycles. The predicted molar refractivity (Wildman–Crippen MR) is 67.5 cm³/mol. The minimum absolute atomic E-state index is 0.0757. The van der Waals surface area contributed by atoms with Crippen LogP contribution in [0.15, 0.2) is 0 Å². The third-order valence-corrected chi connectivity index (χ3v) is 2.91. The first kappa shape index (κ1) is 15.4. The van der Waals surface area contributed by atoms with Crippen LogP contribution >= 0.6 is 0 Å². The van der Waals surface area contributed by atoms with Crippen molar-refractivity contribution < 1.29 is 9.90 Å². The molecule has 0 aliphatic carbocycles. The van der Waals surface area contributed by atoms with Gasteiger partial charge in [-0.05, 0) is 12.8 Å². The molecule has 0 amide bonds. The van der Waals surface area contributed by atoms with Crippen molar-refractivity contribution in [3.05, 3.63) is 0 Å². The Bertz CT molecular complexity index is 171. The van der Waals surface area contributed by atoms with Gasteiger partial charge in [0.1, 0.15) is 0 Å². The highest BCUT2D eigenvalue weighted by Gasteiger charge is 2.05. The molecule has 0 aliphatic rings. The van der Waals surface area contributed by atoms with Crippen molar-refractivity contribution >= 4 is 5.97 Å². The van der Waals surface area contributed by atoms with Crippen LogP contribution in [0.4, 0.5) is 0 Å². The zero-order valence-electron chi connectivity index (χ0n) is 10.6. The molecule has 0 radical (unpaired) electrons. The van der Waals surface area contributed by atoms with Crippen molar-refractivity contribution in [2.24, 2.45) is 5.73 Å². The lowest BCUT2D eigenvalue weighted by Gasteiger charge is -2.09. The zero-order chi connectivity index (χ0) is 12.2. The van der Waals surface area contributed by atoms with Gasteiger partial charge >= 0.3 is 5.97 Å². The molecule has 0 spiro atoms. The number of hydrogen-bond donors (Lipinski definition) is 2. The van der Waals surface area contributed by atoms with E-state index in [1.807, 2.05) is 0 Å². The van der Waals surface area contributed by atoms with Gasteiger partial charge in [-0.1, -0.05) is 51.9 Å². The number of hydrogen-bond acceptors (Lipinski definition) is 2. The second-order valence-electron chi connectivity index (χ2n) is 4.60. The third-order valence-electron chi connectivity index (χ3n) is 2.91. The molecule has 0 saturated heterocycles. The van der Waals surface area contributed by atoms with Crippen molar-refractivity contribution in [1.82, 2.24) is 0 Å². The minimum atomic E-state index is -0.741. The first-order valence-electron chi connectivity index (χ1n) is 6.64. The molecule has 3 N–H and O–H groups in total. The summed E-state index contributed by atoms with van der Waals surface area (Å²) in [6, 6.07) is 0.0757. The summed E-state index contributed by atoms with van der Waals surface area (Å²) < 4.78 is 0. The quantitative estimate of drug-likeness (QED) is 0.534. The lowest BCUT2D eigenvalue weighted by atomic mass is 10.0. The SMILES string of the molecule is CCCCCCCCCC(N)CCC(=O)O. The average Bonchev–Trinajstić information content (AvgIpc) is 2.25. The van der Waals surface area contributed by atoms with Crippen LogP contribution in [0.1, 0.15) is 71.1 Å². The smallest absolute Gasteiger partial charge is 0.303 e. The summed E-state index contributed by atoms with van der Waals surface area (Å²) in [5.41, 5.74) is 5.82. The molecular formula is C13H27NO2. The number of carboxylic acids is 1. The van der Waals surface area contributed by atoms with Crippen LogP contribution in [0.2, 0.25) is 0 Å². The second kappa shape index (κ2) is 10.9. The Morgan fingerprint density at radius 2 is 1.62 bits per heavy atom. The van der Waals surface area contributed by atoms with Crippen molar-refractivity contribution in [3.8, 4) is 0 Å². The largest absolute Gasteiger partial charge is 0.481 e. The number of nitrogens with two attached hydrogens (primary N) is 1. The average molecular weight is 229 g/mol. The van der Waals surface area contributed by atoms with Crippen molar-refractivity contribution in [2.75, 3.05) is 0 Å². The summed E-state index contributed by atoms with van der Waals surface area (Å²) >= 11 is 0. The van der Waals surface area contributed by atoms with E-state index in [9.17, 15) is 4.79 Å². The molecule has 16 heavy (non-hydrogen) atoms. The molecule has 1 atom stereocenters. The summed E-state index contributed by atoms with van der Waals surface area (Å²) in [6.07, 6.45) is 10.8. The van der Waals surface area contributed by atoms with E-state index < -0.39 is 5.97 Å². The van der Waals surface area contributed by atoms with Crippen LogP contribution in [0, 0.1) is 0 Å². The van der Waals surface area contributed by atoms with E-state index in [0.717, 1.165) is 12.8 Å². The number of carboxylic acid groups (broad SMARTS) is 1. The summed E-state index contributed by atoms with van der Waals surface area (Å²) in [5.74, 6) is -0.741. The molecule has 0 aromatic heterocycles. The van der Waals surface area contributed by atoms with Gasteiger partial charge in [0, 0.05) is 12.5 Å². The van der Waals surface area contributed by atoms with Gasteiger partial charge in [0.2, 0.25) is 0 Å². The van der Waals surface area contributed by atoms with Gasteiger partial charge in [-0.2, -0.15) is 0 Å². The fourth-order valence-corrected chi connectivity index (χ4v) is 1.82. The predicted octanol–water partition coefficient (Wildman–Crippen LogP) is 3.32. The third kappa shape index (κ3) is 11.5. The van der Waals surface area contributed by atoms with Crippen LogP contribution in [-0.4, -0.2) is 17.1 Å². The highest BCUT2D eigenvalue weighted by molar-refractivity contribution is 5.66. The molecule has 3 nitrogen and oxygen atoms in total. The Hall–Kier alpha value is -0.570. The van der Waals surface area contributed by atoms with Crippen molar-refractivity contribution in [2.45, 2.75) is 77.2 Å². The van der Waals surface area contributed by atoms with Crippen molar-refractivity contribution in [1.29, 1.82) is 0 Å². The molecule has 0 rings (SSSR count). The number of rotatable bonds is 11. The van der Waals surface area contributed by atoms with Crippen LogP contribution in [0.5, 0.6) is 0 Å². The van der Waals surface area contributed by atoms with Gasteiger partial charge in [0.15, 0.2) is 0 Å². The van der Waals surface area contributed by atoms with E-state index in [4.69, 9.17) is 10.8 Å². The van der Waals surface area contributed by atoms with Gasteiger partial charge < -0.3 is 10.8 Å². The molecule has 0 bridgehead atoms. The monoisotopic (exact) mass is 229 g/mol. The standard InChI is InChI=1S/C13H27NO2/c1-2-3-4-5-6-7-8-9-12(14)10-11-13(15)16/h12H,2-11,14H2,1H3,(H,15,16). The van der Waals surface area contributed by atoms with E-state index in [1.165, 1.54) is 38.5 Å². The van der Waals surface area contributed by atoms with Crippen molar-refractivity contribution in [3.63, 3.8) is 0 Å². The van der Waals surface area contributed by atoms with Crippen LogP contribution in [0.25, 0.3) is 0 Å². The molecule has 1 unspecified atom stereocenters. The number of aliphatic carboxylic acids is 1. The Morgan fingerprint density at radius 3 is 2.19 bits per heavy atom. The molecular weight excluding hydrogens is 202 g/mol. The fraction of sp³-hybridized carbons (Fsp3) is 0.923. The van der Waals surface area contributed by atoms with E-state index in [1.54, 1.807) is 0 Å². The van der Waals surface area contributed by atoms with Crippen LogP contribution in [0.3, 0.4) is 0 Å². The normalized spacial score (nSPS) is 12.6. The van der Waals surface area contributed by atoms with E-state index in [-0.39, 0.29) is 12.5 Å². The lowest BCUT2D eigenvalue weighted by Crippen LogP contribution is -2.20. The molecule has 0 aliphatic heterocycles. The minimum Gasteiger partial charge on any atom is -0.481 e. The fourth-order valence-electron chi connectivity index (χ4n) is 1.82. The molecule has 0 fully saturated rings. The molecule has 0 heterocycles. The summed E-state index contributed by atoms with van der Waals surface area (Å²) in [5, 5.41) is 8.50. The van der Waals surface area contributed by atoms with E-state index in [2.05, 4.69) is 6.92 Å². The first-order chi connectivity index (χ1) is 7.66. The number of carbonyl (C=O) groups is 1. The van der Waals surface area contributed by atoms with Crippen LogP contribution < -0.4 is 5.73 Å². The lowest BCUT2D eigenvalue weighted by molar-refractivity contribution is -0.137. The maximum Gasteiger partial charge on any atom is 0.303 e. The van der Waals surface area contributed by atoms with Gasteiger partial charge in [-0.15, -0.1) is 0 Å². The summed E-state index contributed by atoms with van der Waals surface area (Å²) in [6.45, 7) is 2.22. The van der Waals surface area contributed by atoms with E-state index >= 15 is 0 Å². The second-order valence-corrected chi connectivity index (χ2v) is 4.60. The zero-order valence-corrected chi connectivity index (χ0v) is 10.6. The molecule has 3 heteroatoms. The summed E-state index contributed by atoms with van der Waals surface area (Å²) in [4.78, 5) is 10.3. The highest BCUT2D eigenvalue weighted by atomic mass is 16.4. The highest BCUT2D eigenvalue weighted by Crippen LogP contribution is 2.10.